The second-order valence-electron chi connectivity index (χ2n) is 4.68. The summed E-state index contributed by atoms with van der Waals surface area (Å²) < 4.78 is 5.23. The van der Waals surface area contributed by atoms with Crippen LogP contribution in [0.4, 0.5) is 4.79 Å². The summed E-state index contributed by atoms with van der Waals surface area (Å²) in [7, 11) is 0. The molecule has 6 nitrogen and oxygen atoms in total. The van der Waals surface area contributed by atoms with Crippen molar-refractivity contribution in [3.63, 3.8) is 0 Å². The van der Waals surface area contributed by atoms with E-state index in [-0.39, 0.29) is 18.7 Å². The number of piperidine rings is 1. The van der Waals surface area contributed by atoms with E-state index >= 15 is 0 Å². The lowest BCUT2D eigenvalue weighted by Gasteiger charge is -2.31. The van der Waals surface area contributed by atoms with Crippen molar-refractivity contribution in [2.75, 3.05) is 19.7 Å². The molecule has 20 heavy (non-hydrogen) atoms. The fourth-order valence-corrected chi connectivity index (χ4v) is 2.77. The molecule has 0 atom stereocenters. The lowest BCUT2D eigenvalue weighted by atomic mass is 10.1. The van der Waals surface area contributed by atoms with Crippen molar-refractivity contribution < 1.29 is 19.4 Å². The molecule has 1 saturated heterocycles. The van der Waals surface area contributed by atoms with E-state index in [1.807, 2.05) is 16.8 Å². The van der Waals surface area contributed by atoms with Crippen LogP contribution in [-0.4, -0.2) is 47.8 Å². The largest absolute Gasteiger partial charge is 0.480 e. The number of carbonyl (C=O) groups excluding carboxylic acids is 1. The number of hydrogen-bond acceptors (Lipinski definition) is 4. The third-order valence-electron chi connectivity index (χ3n) is 3.20. The molecule has 0 unspecified atom stereocenters. The second-order valence-corrected chi connectivity index (χ2v) is 5.46. The Morgan fingerprint density at radius 3 is 2.80 bits per heavy atom. The van der Waals surface area contributed by atoms with Gasteiger partial charge in [0.15, 0.2) is 0 Å². The Morgan fingerprint density at radius 1 is 1.45 bits per heavy atom. The van der Waals surface area contributed by atoms with Crippen LogP contribution in [0.3, 0.4) is 0 Å². The highest BCUT2D eigenvalue weighted by molar-refractivity contribution is 7.07. The number of carboxylic acid groups (broad SMARTS) is 1. The SMILES string of the molecule is O=C(O)COC1CCN(C(=O)NCc2ccsc2)CC1. The van der Waals surface area contributed by atoms with Crippen LogP contribution in [0.1, 0.15) is 18.4 Å². The van der Waals surface area contributed by atoms with E-state index in [9.17, 15) is 9.59 Å². The predicted octanol–water partition coefficient (Wildman–Crippen LogP) is 1.52. The number of hydrogen-bond donors (Lipinski definition) is 2. The summed E-state index contributed by atoms with van der Waals surface area (Å²) in [6.45, 7) is 1.46. The Hall–Kier alpha value is -1.60. The Kier molecular flexibility index (Phi) is 5.37. The second kappa shape index (κ2) is 7.25. The Morgan fingerprint density at radius 2 is 2.20 bits per heavy atom. The number of nitrogens with zero attached hydrogens (tertiary/aromatic N) is 1. The Balaban J connectivity index is 1.67. The van der Waals surface area contributed by atoms with Gasteiger partial charge in [0.1, 0.15) is 6.61 Å². The third kappa shape index (κ3) is 4.50. The number of nitrogens with one attached hydrogen (secondary N) is 1. The summed E-state index contributed by atoms with van der Waals surface area (Å²) >= 11 is 1.61. The molecular weight excluding hydrogens is 280 g/mol. The summed E-state index contributed by atoms with van der Waals surface area (Å²) in [6.07, 6.45) is 1.30. The molecule has 0 radical (unpaired) electrons. The molecule has 1 aromatic rings. The van der Waals surface area contributed by atoms with Crippen LogP contribution in [-0.2, 0) is 16.1 Å². The Labute approximate surface area is 121 Å². The van der Waals surface area contributed by atoms with Crippen molar-refractivity contribution in [2.45, 2.75) is 25.5 Å². The van der Waals surface area contributed by atoms with Crippen LogP contribution in [0.15, 0.2) is 16.8 Å². The summed E-state index contributed by atoms with van der Waals surface area (Å²) in [6, 6.07) is 1.91. The maximum atomic E-state index is 11.9. The first-order chi connectivity index (χ1) is 9.65. The van der Waals surface area contributed by atoms with Crippen LogP contribution >= 0.6 is 11.3 Å². The number of likely N-dealkylation sites (tertiary alicyclic amines) is 1. The lowest BCUT2D eigenvalue weighted by Crippen LogP contribution is -2.45. The zero-order valence-electron chi connectivity index (χ0n) is 11.1. The highest BCUT2D eigenvalue weighted by Gasteiger charge is 2.23. The van der Waals surface area contributed by atoms with E-state index in [4.69, 9.17) is 9.84 Å². The first kappa shape index (κ1) is 14.8. The number of carboxylic acids is 1. The summed E-state index contributed by atoms with van der Waals surface area (Å²) in [5.41, 5.74) is 1.10. The number of ether oxygens (including phenoxy) is 1. The van der Waals surface area contributed by atoms with Crippen molar-refractivity contribution >= 4 is 23.3 Å². The number of amides is 2. The molecule has 1 aliphatic rings. The molecule has 1 aromatic heterocycles. The molecule has 0 aromatic carbocycles. The van der Waals surface area contributed by atoms with Gasteiger partial charge in [0, 0.05) is 19.6 Å². The van der Waals surface area contributed by atoms with Gasteiger partial charge in [-0.25, -0.2) is 9.59 Å². The van der Waals surface area contributed by atoms with Crippen LogP contribution in [0.5, 0.6) is 0 Å². The highest BCUT2D eigenvalue weighted by atomic mass is 32.1. The van der Waals surface area contributed by atoms with E-state index < -0.39 is 5.97 Å². The number of aliphatic carboxylic acids is 1. The molecule has 7 heteroatoms. The van der Waals surface area contributed by atoms with Crippen LogP contribution in [0, 0.1) is 0 Å². The molecule has 0 bridgehead atoms. The fraction of sp³-hybridized carbons (Fsp3) is 0.538. The minimum absolute atomic E-state index is 0.0629. The zero-order chi connectivity index (χ0) is 14.4. The molecule has 0 spiro atoms. The van der Waals surface area contributed by atoms with Gasteiger partial charge < -0.3 is 20.1 Å². The van der Waals surface area contributed by atoms with Gasteiger partial charge in [0.25, 0.3) is 0 Å². The average molecular weight is 298 g/mol. The monoisotopic (exact) mass is 298 g/mol. The fourth-order valence-electron chi connectivity index (χ4n) is 2.10. The summed E-state index contributed by atoms with van der Waals surface area (Å²) in [5, 5.41) is 15.4. The van der Waals surface area contributed by atoms with Crippen molar-refractivity contribution in [2.24, 2.45) is 0 Å². The van der Waals surface area contributed by atoms with E-state index in [1.54, 1.807) is 16.2 Å². The van der Waals surface area contributed by atoms with Gasteiger partial charge in [0.2, 0.25) is 0 Å². The van der Waals surface area contributed by atoms with Gasteiger partial charge in [-0.2, -0.15) is 11.3 Å². The van der Waals surface area contributed by atoms with E-state index in [0.717, 1.165) is 5.56 Å². The summed E-state index contributed by atoms with van der Waals surface area (Å²) in [5.74, 6) is -0.957. The number of thiophene rings is 1. The topological polar surface area (TPSA) is 78.9 Å². The van der Waals surface area contributed by atoms with E-state index in [2.05, 4.69) is 5.32 Å². The molecule has 2 heterocycles. The molecule has 0 saturated carbocycles. The van der Waals surface area contributed by atoms with Crippen LogP contribution in [0.2, 0.25) is 0 Å². The average Bonchev–Trinajstić information content (AvgIpc) is 2.96. The molecular formula is C13H18N2O4S. The van der Waals surface area contributed by atoms with Gasteiger partial charge in [0.05, 0.1) is 6.10 Å². The summed E-state index contributed by atoms with van der Waals surface area (Å²) in [4.78, 5) is 24.1. The first-order valence-electron chi connectivity index (χ1n) is 6.52. The zero-order valence-corrected chi connectivity index (χ0v) is 11.9. The van der Waals surface area contributed by atoms with Crippen molar-refractivity contribution in [1.82, 2.24) is 10.2 Å². The molecule has 0 aliphatic carbocycles. The van der Waals surface area contributed by atoms with Gasteiger partial charge in [-0.3, -0.25) is 0 Å². The minimum atomic E-state index is -0.957. The smallest absolute Gasteiger partial charge is 0.329 e. The lowest BCUT2D eigenvalue weighted by molar-refractivity contribution is -0.145. The van der Waals surface area contributed by atoms with Gasteiger partial charge in [-0.1, -0.05) is 0 Å². The van der Waals surface area contributed by atoms with Crippen LogP contribution in [0.25, 0.3) is 0 Å². The molecule has 110 valence electrons. The quantitative estimate of drug-likeness (QED) is 0.864. The minimum Gasteiger partial charge on any atom is -0.480 e. The maximum absolute atomic E-state index is 11.9. The molecule has 2 N–H and O–H groups in total. The molecule has 1 fully saturated rings. The number of rotatable bonds is 5. The first-order valence-corrected chi connectivity index (χ1v) is 7.46. The van der Waals surface area contributed by atoms with Gasteiger partial charge in [-0.15, -0.1) is 0 Å². The van der Waals surface area contributed by atoms with E-state index in [0.29, 0.717) is 32.5 Å². The molecule has 2 amide bonds. The standard InChI is InChI=1S/C13H18N2O4S/c16-12(17)8-19-11-1-4-15(5-2-11)13(18)14-7-10-3-6-20-9-10/h3,6,9,11H,1-2,4-5,7-8H2,(H,14,18)(H,16,17). The number of urea groups is 1. The van der Waals surface area contributed by atoms with Crippen molar-refractivity contribution in [1.29, 1.82) is 0 Å². The number of carbonyl (C=O) groups is 2. The highest BCUT2D eigenvalue weighted by Crippen LogP contribution is 2.14. The van der Waals surface area contributed by atoms with Crippen molar-refractivity contribution in [3.05, 3.63) is 22.4 Å². The molecule has 1 aliphatic heterocycles. The Bertz CT molecular complexity index is 441. The van der Waals surface area contributed by atoms with Crippen LogP contribution < -0.4 is 5.32 Å². The maximum Gasteiger partial charge on any atom is 0.329 e. The third-order valence-corrected chi connectivity index (χ3v) is 3.93. The van der Waals surface area contributed by atoms with Crippen molar-refractivity contribution in [3.8, 4) is 0 Å². The van der Waals surface area contributed by atoms with Gasteiger partial charge in [-0.05, 0) is 35.2 Å². The van der Waals surface area contributed by atoms with E-state index in [1.165, 1.54) is 0 Å². The molecule has 2 rings (SSSR count). The predicted molar refractivity (Wildman–Crippen MR) is 74.7 cm³/mol. The normalized spacial score (nSPS) is 16.1. The van der Waals surface area contributed by atoms with Gasteiger partial charge >= 0.3 is 12.0 Å².